The van der Waals surface area contributed by atoms with E-state index in [4.69, 9.17) is 9.47 Å². The molecule has 0 aliphatic carbocycles. The fourth-order valence-electron chi connectivity index (χ4n) is 3.68. The summed E-state index contributed by atoms with van der Waals surface area (Å²) in [4.78, 5) is 17.2. The van der Waals surface area contributed by atoms with Crippen LogP contribution < -0.4 is 14.8 Å². The van der Waals surface area contributed by atoms with Crippen LogP contribution in [0.5, 0.6) is 11.5 Å². The number of ether oxygens (including phenoxy) is 2. The van der Waals surface area contributed by atoms with Crippen LogP contribution in [0.25, 0.3) is 10.2 Å². The lowest BCUT2D eigenvalue weighted by molar-refractivity contribution is 0.102. The number of rotatable bonds is 16. The average molecular weight is 483 g/mol. The standard InChI is InChI=1S/C28H38N2O3S/c1-3-5-7-8-9-10-11-12-20-33-24-17-18-25-26(21-24)34-28(29-25)30-27(31)22-13-15-23(16-14-22)32-19-6-4-2/h13-18,21H,3-12,19-20H2,1-2H3,(H,29,30,31). The highest BCUT2D eigenvalue weighted by atomic mass is 32.1. The second-order valence-electron chi connectivity index (χ2n) is 8.65. The average Bonchev–Trinajstić information content (AvgIpc) is 3.25. The first kappa shape index (κ1) is 26.0. The minimum atomic E-state index is -0.176. The second kappa shape index (κ2) is 14.6. The molecule has 0 radical (unpaired) electrons. The molecule has 34 heavy (non-hydrogen) atoms. The second-order valence-corrected chi connectivity index (χ2v) is 9.68. The van der Waals surface area contributed by atoms with Crippen LogP contribution in [0.3, 0.4) is 0 Å². The predicted octanol–water partition coefficient (Wildman–Crippen LogP) is 8.25. The van der Waals surface area contributed by atoms with Crippen LogP contribution in [0.4, 0.5) is 5.13 Å². The molecule has 1 heterocycles. The number of thiazole rings is 1. The van der Waals surface area contributed by atoms with Crippen LogP contribution in [-0.2, 0) is 0 Å². The van der Waals surface area contributed by atoms with Gasteiger partial charge in [-0.3, -0.25) is 10.1 Å². The molecule has 3 aromatic rings. The molecule has 0 bridgehead atoms. The van der Waals surface area contributed by atoms with Gasteiger partial charge in [0.15, 0.2) is 5.13 Å². The Morgan fingerprint density at radius 3 is 2.15 bits per heavy atom. The van der Waals surface area contributed by atoms with E-state index in [-0.39, 0.29) is 5.91 Å². The van der Waals surface area contributed by atoms with Gasteiger partial charge in [-0.25, -0.2) is 4.98 Å². The Kier molecular flexibility index (Phi) is 11.2. The number of hydrogen-bond donors (Lipinski definition) is 1. The molecular formula is C28H38N2O3S. The number of amides is 1. The van der Waals surface area contributed by atoms with E-state index in [1.165, 1.54) is 56.3 Å². The Balaban J connectivity index is 1.44. The normalized spacial score (nSPS) is 11.0. The summed E-state index contributed by atoms with van der Waals surface area (Å²) in [6.07, 6.45) is 12.4. The molecule has 0 unspecified atom stereocenters. The summed E-state index contributed by atoms with van der Waals surface area (Å²) in [7, 11) is 0. The molecule has 3 rings (SSSR count). The Morgan fingerprint density at radius 2 is 1.41 bits per heavy atom. The number of carbonyl (C=O) groups excluding carboxylic acids is 1. The maximum Gasteiger partial charge on any atom is 0.257 e. The van der Waals surface area contributed by atoms with Crippen LogP contribution in [0.2, 0.25) is 0 Å². The number of aromatic nitrogens is 1. The highest BCUT2D eigenvalue weighted by molar-refractivity contribution is 7.22. The minimum absolute atomic E-state index is 0.176. The number of hydrogen-bond acceptors (Lipinski definition) is 5. The van der Waals surface area contributed by atoms with E-state index in [1.54, 1.807) is 12.1 Å². The lowest BCUT2D eigenvalue weighted by Gasteiger charge is -2.06. The molecule has 5 nitrogen and oxygen atoms in total. The van der Waals surface area contributed by atoms with Crippen molar-refractivity contribution in [3.05, 3.63) is 48.0 Å². The van der Waals surface area contributed by atoms with Gasteiger partial charge < -0.3 is 9.47 Å². The van der Waals surface area contributed by atoms with Crippen LogP contribution in [-0.4, -0.2) is 24.1 Å². The van der Waals surface area contributed by atoms with Crippen molar-refractivity contribution >= 4 is 32.6 Å². The molecule has 0 aliphatic heterocycles. The summed E-state index contributed by atoms with van der Waals surface area (Å²) < 4.78 is 12.6. The van der Waals surface area contributed by atoms with Crippen molar-refractivity contribution in [2.45, 2.75) is 78.1 Å². The topological polar surface area (TPSA) is 60.5 Å². The first-order chi connectivity index (χ1) is 16.7. The van der Waals surface area contributed by atoms with Crippen molar-refractivity contribution in [1.29, 1.82) is 0 Å². The molecule has 0 fully saturated rings. The smallest absolute Gasteiger partial charge is 0.257 e. The van der Waals surface area contributed by atoms with E-state index in [0.29, 0.717) is 17.3 Å². The quantitative estimate of drug-likeness (QED) is 0.209. The molecule has 1 amide bonds. The number of carbonyl (C=O) groups is 1. The van der Waals surface area contributed by atoms with Gasteiger partial charge in [-0.2, -0.15) is 0 Å². The Bertz CT molecular complexity index is 1000. The van der Waals surface area contributed by atoms with E-state index < -0.39 is 0 Å². The Labute approximate surface area is 207 Å². The van der Waals surface area contributed by atoms with Crippen LogP contribution in [0.1, 0.15) is 88.4 Å². The van der Waals surface area contributed by atoms with Gasteiger partial charge >= 0.3 is 0 Å². The third-order valence-corrected chi connectivity index (χ3v) is 6.66. The van der Waals surface area contributed by atoms with Crippen molar-refractivity contribution in [2.75, 3.05) is 18.5 Å². The molecule has 0 atom stereocenters. The van der Waals surface area contributed by atoms with E-state index in [1.807, 2.05) is 30.3 Å². The summed E-state index contributed by atoms with van der Waals surface area (Å²) in [5.74, 6) is 1.46. The molecule has 0 saturated carbocycles. The molecule has 1 aromatic heterocycles. The van der Waals surface area contributed by atoms with Gasteiger partial charge in [-0.1, -0.05) is 76.6 Å². The number of fused-ring (bicyclic) bond motifs is 1. The molecule has 6 heteroatoms. The lowest BCUT2D eigenvalue weighted by atomic mass is 10.1. The summed E-state index contributed by atoms with van der Waals surface area (Å²) >= 11 is 1.46. The fourth-order valence-corrected chi connectivity index (χ4v) is 4.57. The van der Waals surface area contributed by atoms with Crippen LogP contribution >= 0.6 is 11.3 Å². The van der Waals surface area contributed by atoms with Gasteiger partial charge in [0.2, 0.25) is 0 Å². The summed E-state index contributed by atoms with van der Waals surface area (Å²) in [5, 5.41) is 3.50. The van der Waals surface area contributed by atoms with Gasteiger partial charge in [-0.15, -0.1) is 0 Å². The van der Waals surface area contributed by atoms with Gasteiger partial charge in [0.05, 0.1) is 23.4 Å². The lowest BCUT2D eigenvalue weighted by Crippen LogP contribution is -2.11. The van der Waals surface area contributed by atoms with Crippen molar-refractivity contribution in [3.8, 4) is 11.5 Å². The van der Waals surface area contributed by atoms with Crippen molar-refractivity contribution in [1.82, 2.24) is 4.98 Å². The third kappa shape index (κ3) is 8.64. The maximum absolute atomic E-state index is 12.6. The third-order valence-electron chi connectivity index (χ3n) is 5.73. The first-order valence-electron chi connectivity index (χ1n) is 12.8. The summed E-state index contributed by atoms with van der Waals surface area (Å²) in [6.45, 7) is 5.81. The van der Waals surface area contributed by atoms with Gasteiger partial charge in [-0.05, 0) is 55.3 Å². The monoisotopic (exact) mass is 482 g/mol. The minimum Gasteiger partial charge on any atom is -0.494 e. The van der Waals surface area contributed by atoms with Gasteiger partial charge in [0.25, 0.3) is 5.91 Å². The number of anilines is 1. The largest absolute Gasteiger partial charge is 0.494 e. The van der Waals surface area contributed by atoms with E-state index in [2.05, 4.69) is 24.1 Å². The SMILES string of the molecule is CCCCCCCCCCOc1ccc2nc(NC(=O)c3ccc(OCCCC)cc3)sc2c1. The Morgan fingerprint density at radius 1 is 0.794 bits per heavy atom. The molecule has 0 aliphatic rings. The van der Waals surface area contributed by atoms with E-state index in [9.17, 15) is 4.79 Å². The van der Waals surface area contributed by atoms with E-state index >= 15 is 0 Å². The van der Waals surface area contributed by atoms with Gasteiger partial charge in [0.1, 0.15) is 11.5 Å². The van der Waals surface area contributed by atoms with Crippen LogP contribution in [0, 0.1) is 0 Å². The van der Waals surface area contributed by atoms with Crippen molar-refractivity contribution in [2.24, 2.45) is 0 Å². The predicted molar refractivity (Wildman–Crippen MR) is 143 cm³/mol. The van der Waals surface area contributed by atoms with Crippen LogP contribution in [0.15, 0.2) is 42.5 Å². The molecule has 184 valence electrons. The first-order valence-corrected chi connectivity index (χ1v) is 13.6. The fraction of sp³-hybridized carbons (Fsp3) is 0.500. The zero-order chi connectivity index (χ0) is 24.0. The number of benzene rings is 2. The summed E-state index contributed by atoms with van der Waals surface area (Å²) in [5.41, 5.74) is 1.44. The van der Waals surface area contributed by atoms with Gasteiger partial charge in [0, 0.05) is 5.56 Å². The number of nitrogens with zero attached hydrogens (tertiary/aromatic N) is 1. The molecular weight excluding hydrogens is 444 g/mol. The molecule has 0 spiro atoms. The zero-order valence-electron chi connectivity index (χ0n) is 20.6. The van der Waals surface area contributed by atoms with E-state index in [0.717, 1.165) is 47.6 Å². The number of nitrogens with one attached hydrogen (secondary N) is 1. The molecule has 0 saturated heterocycles. The highest BCUT2D eigenvalue weighted by Gasteiger charge is 2.11. The highest BCUT2D eigenvalue weighted by Crippen LogP contribution is 2.30. The summed E-state index contributed by atoms with van der Waals surface area (Å²) in [6, 6.07) is 13.1. The maximum atomic E-state index is 12.6. The van der Waals surface area contributed by atoms with Crippen molar-refractivity contribution < 1.29 is 14.3 Å². The Hall–Kier alpha value is -2.60. The molecule has 1 N–H and O–H groups in total. The van der Waals surface area contributed by atoms with Crippen molar-refractivity contribution in [3.63, 3.8) is 0 Å². The zero-order valence-corrected chi connectivity index (χ0v) is 21.4. The number of unbranched alkanes of at least 4 members (excludes halogenated alkanes) is 8. The molecule has 2 aromatic carbocycles.